The lowest BCUT2D eigenvalue weighted by Crippen LogP contribution is -2.03. The van der Waals surface area contributed by atoms with Crippen molar-refractivity contribution < 1.29 is 9.84 Å². The van der Waals surface area contributed by atoms with Crippen molar-refractivity contribution in [2.75, 3.05) is 13.2 Å². The van der Waals surface area contributed by atoms with Gasteiger partial charge in [0, 0.05) is 19.6 Å². The Morgan fingerprint density at radius 3 is 2.21 bits per heavy atom. The highest BCUT2D eigenvalue weighted by atomic mass is 16.5. The average molecular weight is 256 g/mol. The minimum Gasteiger partial charge on any atom is -0.388 e. The van der Waals surface area contributed by atoms with Crippen LogP contribution in [0.2, 0.25) is 0 Å². The van der Waals surface area contributed by atoms with E-state index in [9.17, 15) is 5.11 Å². The van der Waals surface area contributed by atoms with Gasteiger partial charge in [0.2, 0.25) is 0 Å². The summed E-state index contributed by atoms with van der Waals surface area (Å²) in [6.45, 7) is 3.25. The molecular formula is C17H20O2. The Morgan fingerprint density at radius 1 is 0.947 bits per heavy atom. The van der Waals surface area contributed by atoms with Gasteiger partial charge in [-0.15, -0.1) is 0 Å². The molecule has 0 bridgehead atoms. The second kappa shape index (κ2) is 7.07. The molecule has 0 aromatic heterocycles. The Bertz CT molecular complexity index is 476. The molecule has 2 aromatic carbocycles. The molecule has 2 aromatic rings. The van der Waals surface area contributed by atoms with Crippen molar-refractivity contribution >= 4 is 0 Å². The zero-order chi connectivity index (χ0) is 13.5. The molecule has 0 aliphatic rings. The summed E-state index contributed by atoms with van der Waals surface area (Å²) in [5.41, 5.74) is 3.30. The molecule has 2 nitrogen and oxygen atoms in total. The van der Waals surface area contributed by atoms with Crippen molar-refractivity contribution in [2.45, 2.75) is 19.4 Å². The second-order valence-electron chi connectivity index (χ2n) is 4.49. The maximum absolute atomic E-state index is 10.0. The van der Waals surface area contributed by atoms with Crippen molar-refractivity contribution in [3.63, 3.8) is 0 Å². The van der Waals surface area contributed by atoms with E-state index in [0.717, 1.165) is 5.56 Å². The summed E-state index contributed by atoms with van der Waals surface area (Å²) in [5, 5.41) is 10.0. The minimum atomic E-state index is -0.448. The lowest BCUT2D eigenvalue weighted by molar-refractivity contribution is 0.0886. The van der Waals surface area contributed by atoms with Gasteiger partial charge in [-0.3, -0.25) is 0 Å². The van der Waals surface area contributed by atoms with Crippen LogP contribution in [0.15, 0.2) is 54.6 Å². The minimum absolute atomic E-state index is 0.448. The van der Waals surface area contributed by atoms with Crippen molar-refractivity contribution in [1.29, 1.82) is 0 Å². The van der Waals surface area contributed by atoms with E-state index in [1.54, 1.807) is 0 Å². The Kier molecular flexibility index (Phi) is 5.13. The molecule has 0 saturated carbocycles. The number of aliphatic hydroxyl groups is 1. The Labute approximate surface area is 114 Å². The number of ether oxygens (including phenoxy) is 1. The summed E-state index contributed by atoms with van der Waals surface area (Å²) < 4.78 is 5.26. The van der Waals surface area contributed by atoms with Gasteiger partial charge in [-0.2, -0.15) is 0 Å². The van der Waals surface area contributed by atoms with E-state index in [0.29, 0.717) is 19.6 Å². The number of aliphatic hydroxyl groups excluding tert-OH is 1. The highest BCUT2D eigenvalue weighted by Gasteiger charge is 2.07. The molecule has 0 saturated heterocycles. The molecule has 0 aliphatic carbocycles. The molecule has 19 heavy (non-hydrogen) atoms. The van der Waals surface area contributed by atoms with Crippen LogP contribution >= 0.6 is 0 Å². The van der Waals surface area contributed by atoms with Crippen LogP contribution < -0.4 is 0 Å². The molecule has 0 aliphatic heterocycles. The molecule has 0 fully saturated rings. The standard InChI is InChI=1S/C17H20O2/c1-2-19-13-12-17(18)16-10-8-15(9-11-16)14-6-4-3-5-7-14/h3-11,17-18H,2,12-13H2,1H3. The van der Waals surface area contributed by atoms with Gasteiger partial charge in [0.15, 0.2) is 0 Å². The van der Waals surface area contributed by atoms with Crippen molar-refractivity contribution in [2.24, 2.45) is 0 Å². The normalized spacial score (nSPS) is 12.3. The Balaban J connectivity index is 2.02. The first-order valence-corrected chi connectivity index (χ1v) is 6.72. The quantitative estimate of drug-likeness (QED) is 0.796. The zero-order valence-corrected chi connectivity index (χ0v) is 11.3. The van der Waals surface area contributed by atoms with Crippen LogP contribution in [0, 0.1) is 0 Å². The largest absolute Gasteiger partial charge is 0.388 e. The smallest absolute Gasteiger partial charge is 0.0812 e. The number of rotatable bonds is 6. The van der Waals surface area contributed by atoms with Gasteiger partial charge in [-0.05, 0) is 23.6 Å². The van der Waals surface area contributed by atoms with Crippen molar-refractivity contribution in [1.82, 2.24) is 0 Å². The molecule has 0 radical (unpaired) electrons. The lowest BCUT2D eigenvalue weighted by Gasteiger charge is -2.11. The SMILES string of the molecule is CCOCCC(O)c1ccc(-c2ccccc2)cc1. The number of hydrogen-bond donors (Lipinski definition) is 1. The third kappa shape index (κ3) is 3.91. The predicted octanol–water partition coefficient (Wildman–Crippen LogP) is 3.81. The molecule has 1 N–H and O–H groups in total. The fraction of sp³-hybridized carbons (Fsp3) is 0.294. The summed E-state index contributed by atoms with van der Waals surface area (Å²) >= 11 is 0. The topological polar surface area (TPSA) is 29.5 Å². The molecule has 1 atom stereocenters. The molecule has 2 rings (SSSR count). The molecule has 1 unspecified atom stereocenters. The van der Waals surface area contributed by atoms with Crippen molar-refractivity contribution in [3.8, 4) is 11.1 Å². The molecule has 2 heteroatoms. The maximum Gasteiger partial charge on any atom is 0.0812 e. The van der Waals surface area contributed by atoms with E-state index < -0.39 is 6.10 Å². The second-order valence-corrected chi connectivity index (χ2v) is 4.49. The van der Waals surface area contributed by atoms with Crippen LogP contribution in [-0.4, -0.2) is 18.3 Å². The molecule has 0 spiro atoms. The summed E-state index contributed by atoms with van der Waals surface area (Å²) in [7, 11) is 0. The van der Waals surface area contributed by atoms with Crippen LogP contribution in [0.4, 0.5) is 0 Å². The fourth-order valence-electron chi connectivity index (χ4n) is 2.03. The third-order valence-electron chi connectivity index (χ3n) is 3.14. The monoisotopic (exact) mass is 256 g/mol. The zero-order valence-electron chi connectivity index (χ0n) is 11.3. The maximum atomic E-state index is 10.0. The average Bonchev–Trinajstić information content (AvgIpc) is 2.48. The third-order valence-corrected chi connectivity index (χ3v) is 3.14. The Morgan fingerprint density at radius 2 is 1.58 bits per heavy atom. The first-order valence-electron chi connectivity index (χ1n) is 6.72. The van der Waals surface area contributed by atoms with E-state index in [2.05, 4.69) is 24.3 Å². The molecule has 100 valence electrons. The van der Waals surface area contributed by atoms with Crippen LogP contribution in [0.5, 0.6) is 0 Å². The molecule has 0 heterocycles. The van der Waals surface area contributed by atoms with Crippen LogP contribution in [-0.2, 0) is 4.74 Å². The van der Waals surface area contributed by atoms with Gasteiger partial charge in [-0.1, -0.05) is 54.6 Å². The summed E-state index contributed by atoms with van der Waals surface area (Å²) in [5.74, 6) is 0. The lowest BCUT2D eigenvalue weighted by atomic mass is 10.0. The van der Waals surface area contributed by atoms with Crippen molar-refractivity contribution in [3.05, 3.63) is 60.2 Å². The van der Waals surface area contributed by atoms with E-state index >= 15 is 0 Å². The first-order chi connectivity index (χ1) is 9.31. The van der Waals surface area contributed by atoms with Gasteiger partial charge in [0.1, 0.15) is 0 Å². The summed E-state index contributed by atoms with van der Waals surface area (Å²) in [4.78, 5) is 0. The molecule has 0 amide bonds. The van der Waals surface area contributed by atoms with Crippen LogP contribution in [0.3, 0.4) is 0 Å². The van der Waals surface area contributed by atoms with Crippen LogP contribution in [0.1, 0.15) is 25.0 Å². The summed E-state index contributed by atoms with van der Waals surface area (Å²) in [6, 6.07) is 18.3. The first kappa shape index (κ1) is 13.8. The molecular weight excluding hydrogens is 236 g/mol. The van der Waals surface area contributed by atoms with E-state index in [-0.39, 0.29) is 0 Å². The number of hydrogen-bond acceptors (Lipinski definition) is 2. The van der Waals surface area contributed by atoms with E-state index in [4.69, 9.17) is 4.74 Å². The van der Waals surface area contributed by atoms with Gasteiger partial charge in [-0.25, -0.2) is 0 Å². The predicted molar refractivity (Wildman–Crippen MR) is 77.9 cm³/mol. The highest BCUT2D eigenvalue weighted by Crippen LogP contribution is 2.23. The fourth-order valence-corrected chi connectivity index (χ4v) is 2.03. The van der Waals surface area contributed by atoms with E-state index in [1.807, 2.05) is 37.3 Å². The summed E-state index contributed by atoms with van der Waals surface area (Å²) in [6.07, 6.45) is 0.190. The highest BCUT2D eigenvalue weighted by molar-refractivity contribution is 5.63. The Hall–Kier alpha value is -1.64. The number of benzene rings is 2. The van der Waals surface area contributed by atoms with Crippen LogP contribution in [0.25, 0.3) is 11.1 Å². The van der Waals surface area contributed by atoms with Gasteiger partial charge in [0.25, 0.3) is 0 Å². The van der Waals surface area contributed by atoms with E-state index in [1.165, 1.54) is 11.1 Å². The van der Waals surface area contributed by atoms with Gasteiger partial charge < -0.3 is 9.84 Å². The van der Waals surface area contributed by atoms with Gasteiger partial charge >= 0.3 is 0 Å². The van der Waals surface area contributed by atoms with Gasteiger partial charge in [0.05, 0.1) is 6.10 Å².